The van der Waals surface area contributed by atoms with E-state index < -0.39 is 70.7 Å². The number of benzene rings is 8. The molecule has 458 valence electrons. The first-order valence-corrected chi connectivity index (χ1v) is 25.1. The van der Waals surface area contributed by atoms with Crippen molar-refractivity contribution in [3.63, 3.8) is 0 Å². The van der Waals surface area contributed by atoms with E-state index in [0.29, 0.717) is 0 Å². The second kappa shape index (κ2) is 38.6. The SMILES string of the molecule is O=C([O-])c1ccc(F)cc1.O=C([O-])c1ccc(F)cc1.O=C([O-])c1ccc(F)cc1.O=C([O-])c1ccc(F)cc1.O=C([O-])c1ccc(F)cc1.O=C([O-])c1ccc(F)cc1.[Dy+3].[Dy+3].c1cnc2c(c1)ccc1cccnc12.c1cnc2c(c1)ccc1cccnc12. The molecule has 0 bridgehead atoms. The zero-order valence-electron chi connectivity index (χ0n) is 45.7. The molecule has 2 radical (unpaired) electrons. The molecule has 0 aliphatic heterocycles. The summed E-state index contributed by atoms with van der Waals surface area (Å²) in [4.78, 5) is 77.9. The molecule has 4 aromatic heterocycles. The molecule has 4 heterocycles. The maximum absolute atomic E-state index is 12.1. The first-order chi connectivity index (χ1) is 42.1. The van der Waals surface area contributed by atoms with E-state index in [1.807, 2.05) is 24.3 Å². The van der Waals surface area contributed by atoms with Crippen LogP contribution in [0.5, 0.6) is 0 Å². The van der Waals surface area contributed by atoms with Crippen LogP contribution in [0.25, 0.3) is 43.6 Å². The van der Waals surface area contributed by atoms with E-state index in [0.717, 1.165) is 189 Å². The van der Waals surface area contributed by atoms with Crippen LogP contribution < -0.4 is 30.6 Å². The van der Waals surface area contributed by atoms with Gasteiger partial charge in [0.2, 0.25) is 0 Å². The van der Waals surface area contributed by atoms with Crippen LogP contribution in [0.3, 0.4) is 0 Å². The monoisotopic (exact) mass is 1520 g/mol. The summed E-state index contributed by atoms with van der Waals surface area (Å²) >= 11 is 0. The van der Waals surface area contributed by atoms with E-state index in [9.17, 15) is 85.7 Å². The Balaban J connectivity index is 0.000000269. The predicted octanol–water partition coefficient (Wildman–Crippen LogP) is 6.70. The van der Waals surface area contributed by atoms with Gasteiger partial charge >= 0.3 is 76.3 Å². The van der Waals surface area contributed by atoms with Crippen LogP contribution in [0.4, 0.5) is 26.3 Å². The number of pyridine rings is 4. The van der Waals surface area contributed by atoms with Gasteiger partial charge in [0.1, 0.15) is 34.9 Å². The van der Waals surface area contributed by atoms with Crippen LogP contribution in [0.15, 0.2) is 243 Å². The number of aromatic carboxylic acids is 6. The fourth-order valence-electron chi connectivity index (χ4n) is 6.88. The molecule has 24 heteroatoms. The largest absolute Gasteiger partial charge is 3.00 e. The Hall–Kier alpha value is -9.65. The van der Waals surface area contributed by atoms with Gasteiger partial charge in [0.05, 0.1) is 57.9 Å². The van der Waals surface area contributed by atoms with Gasteiger partial charge in [-0.15, -0.1) is 0 Å². The molecule has 0 amide bonds. The molecule has 12 rings (SSSR count). The number of fused-ring (bicyclic) bond motifs is 6. The minimum absolute atomic E-state index is 0. The number of carboxylic acids is 6. The average molecular weight is 1520 g/mol. The molecular formula is C66H40Dy2F6N4O12. The third kappa shape index (κ3) is 25.2. The van der Waals surface area contributed by atoms with Gasteiger partial charge in [0, 0.05) is 46.3 Å². The minimum Gasteiger partial charge on any atom is -0.545 e. The first kappa shape index (κ1) is 74.6. The molecule has 0 fully saturated rings. The van der Waals surface area contributed by atoms with Gasteiger partial charge in [-0.2, -0.15) is 0 Å². The third-order valence-electron chi connectivity index (χ3n) is 11.2. The van der Waals surface area contributed by atoms with Crippen LogP contribution in [0.1, 0.15) is 62.1 Å². The van der Waals surface area contributed by atoms with Crippen molar-refractivity contribution in [1.82, 2.24) is 19.9 Å². The number of nitrogens with zero attached hydrogens (tertiary/aromatic N) is 4. The third-order valence-corrected chi connectivity index (χ3v) is 11.2. The van der Waals surface area contributed by atoms with Crippen molar-refractivity contribution < 1.29 is 162 Å². The molecule has 0 spiro atoms. The summed E-state index contributed by atoms with van der Waals surface area (Å²) in [6, 6.07) is 51.1. The predicted molar refractivity (Wildman–Crippen MR) is 298 cm³/mol. The number of carboxylic acid groups (broad SMARTS) is 6. The maximum Gasteiger partial charge on any atom is 3.00 e. The number of rotatable bonds is 6. The van der Waals surface area contributed by atoms with Crippen molar-refractivity contribution in [1.29, 1.82) is 0 Å². The summed E-state index contributed by atoms with van der Waals surface area (Å²) in [5.41, 5.74) is 3.83. The Bertz CT molecular complexity index is 3650. The molecule has 8 aromatic carbocycles. The van der Waals surface area contributed by atoms with Gasteiger partial charge < -0.3 is 59.4 Å². The normalized spacial score (nSPS) is 9.58. The van der Waals surface area contributed by atoms with E-state index in [2.05, 4.69) is 68.5 Å². The molecular weight excluding hydrogens is 1480 g/mol. The standard InChI is InChI=1S/2C12H8N2.6C7H5FO2.2Dy/c2*1-3-9-5-6-10-4-2-8-14-12(10)11(9)13-7-1;6*8-6-3-1-5(2-4-6)7(9)10;;/h2*1-8H;6*1-4H,(H,9,10);;/q;;;;;;;;2*+3/p-6. The maximum atomic E-state index is 12.1. The van der Waals surface area contributed by atoms with Crippen molar-refractivity contribution >= 4 is 79.4 Å². The molecule has 0 aliphatic carbocycles. The molecule has 12 aromatic rings. The van der Waals surface area contributed by atoms with Crippen LogP contribution in [0, 0.1) is 111 Å². The van der Waals surface area contributed by atoms with E-state index in [4.69, 9.17) is 0 Å². The summed E-state index contributed by atoms with van der Waals surface area (Å²) in [7, 11) is 0. The number of carbonyl (C=O) groups excluding carboxylic acids is 6. The topological polar surface area (TPSA) is 292 Å². The van der Waals surface area contributed by atoms with Crippen molar-refractivity contribution in [3.05, 3.63) is 311 Å². The van der Waals surface area contributed by atoms with Gasteiger partial charge in [-0.05, 0) is 130 Å². The van der Waals surface area contributed by atoms with Crippen LogP contribution >= 0.6 is 0 Å². The number of aromatic nitrogens is 4. The fraction of sp³-hybridized carbons (Fsp3) is 0. The molecule has 0 aliphatic rings. The Kier molecular flexibility index (Phi) is 32.0. The Morgan fingerprint density at radius 3 is 0.478 bits per heavy atom. The quantitative estimate of drug-likeness (QED) is 0.124. The zero-order chi connectivity index (χ0) is 64.1. The molecule has 0 saturated carbocycles. The molecule has 90 heavy (non-hydrogen) atoms. The molecule has 0 atom stereocenters. The fourth-order valence-corrected chi connectivity index (χ4v) is 6.88. The number of halogens is 6. The van der Waals surface area contributed by atoms with Gasteiger partial charge in [-0.3, -0.25) is 19.9 Å². The van der Waals surface area contributed by atoms with Gasteiger partial charge in [-0.1, -0.05) is 121 Å². The van der Waals surface area contributed by atoms with Crippen LogP contribution in [-0.4, -0.2) is 55.8 Å². The van der Waals surface area contributed by atoms with E-state index in [1.54, 1.807) is 24.8 Å². The summed E-state index contributed by atoms with van der Waals surface area (Å²) in [5, 5.41) is 65.0. The molecule has 0 saturated heterocycles. The zero-order valence-corrected chi connectivity index (χ0v) is 49.7. The molecule has 0 unspecified atom stereocenters. The summed E-state index contributed by atoms with van der Waals surface area (Å²) in [6.07, 6.45) is 7.21. The molecule has 16 nitrogen and oxygen atoms in total. The molecule has 0 N–H and O–H groups in total. The summed E-state index contributed by atoms with van der Waals surface area (Å²) in [6.45, 7) is 0. The minimum atomic E-state index is -1.29. The van der Waals surface area contributed by atoms with Gasteiger partial charge in [0.15, 0.2) is 0 Å². The van der Waals surface area contributed by atoms with Crippen molar-refractivity contribution in [2.45, 2.75) is 0 Å². The number of carbonyl (C=O) groups is 6. The summed E-state index contributed by atoms with van der Waals surface area (Å²) in [5.74, 6) is -10.5. The second-order valence-corrected chi connectivity index (χ2v) is 17.2. The van der Waals surface area contributed by atoms with Crippen LogP contribution in [0.2, 0.25) is 0 Å². The van der Waals surface area contributed by atoms with Crippen molar-refractivity contribution in [2.75, 3.05) is 0 Å². The van der Waals surface area contributed by atoms with E-state index in [-0.39, 0.29) is 110 Å². The van der Waals surface area contributed by atoms with Gasteiger partial charge in [-0.25, -0.2) is 26.3 Å². The van der Waals surface area contributed by atoms with E-state index >= 15 is 0 Å². The van der Waals surface area contributed by atoms with Crippen molar-refractivity contribution in [3.8, 4) is 0 Å². The number of hydrogen-bond acceptors (Lipinski definition) is 16. The number of hydrogen-bond donors (Lipinski definition) is 0. The Morgan fingerprint density at radius 1 is 0.222 bits per heavy atom. The second-order valence-electron chi connectivity index (χ2n) is 17.2. The first-order valence-electron chi connectivity index (χ1n) is 25.1. The van der Waals surface area contributed by atoms with Gasteiger partial charge in [0.25, 0.3) is 0 Å². The summed E-state index contributed by atoms with van der Waals surface area (Å²) < 4.78 is 72.8. The van der Waals surface area contributed by atoms with Crippen molar-refractivity contribution in [2.24, 2.45) is 0 Å². The van der Waals surface area contributed by atoms with Crippen LogP contribution in [-0.2, 0) is 0 Å². The van der Waals surface area contributed by atoms with E-state index in [1.165, 1.54) is 0 Å². The smallest absolute Gasteiger partial charge is 0.545 e. The average Bonchev–Trinajstić information content (AvgIpc) is 1.07. The Labute approximate surface area is 567 Å². The Morgan fingerprint density at radius 2 is 0.356 bits per heavy atom.